The van der Waals surface area contributed by atoms with Crippen molar-refractivity contribution < 1.29 is 0 Å². The Morgan fingerprint density at radius 1 is 1.04 bits per heavy atom. The molecule has 1 heterocycles. The molecular weight excluding hydrogens is 382 g/mol. The summed E-state index contributed by atoms with van der Waals surface area (Å²) in [5, 5.41) is 8.69. The Labute approximate surface area is 168 Å². The molecule has 0 spiro atoms. The van der Waals surface area contributed by atoms with E-state index >= 15 is 0 Å². The zero-order valence-electron chi connectivity index (χ0n) is 14.1. The number of anilines is 1. The van der Waals surface area contributed by atoms with Crippen LogP contribution in [0.15, 0.2) is 82.8 Å². The molecule has 3 aromatic rings. The zero-order valence-corrected chi connectivity index (χ0v) is 16.5. The first-order valence-electron chi connectivity index (χ1n) is 8.13. The van der Waals surface area contributed by atoms with E-state index in [1.165, 1.54) is 5.56 Å². The van der Waals surface area contributed by atoms with Gasteiger partial charge < -0.3 is 10.6 Å². The molecule has 0 amide bonds. The number of hydrogen-bond acceptors (Lipinski definition) is 3. The van der Waals surface area contributed by atoms with Gasteiger partial charge >= 0.3 is 0 Å². The fraction of sp³-hybridized carbons (Fsp3) is 0.100. The van der Waals surface area contributed by atoms with Crippen LogP contribution in [0.25, 0.3) is 0 Å². The maximum atomic E-state index is 5.95. The molecule has 132 valence electrons. The van der Waals surface area contributed by atoms with Crippen molar-refractivity contribution in [1.82, 2.24) is 10.3 Å². The molecule has 1 atom stereocenters. The van der Waals surface area contributed by atoms with Crippen LogP contribution in [0.4, 0.5) is 5.69 Å². The van der Waals surface area contributed by atoms with E-state index in [1.54, 1.807) is 18.0 Å². The van der Waals surface area contributed by atoms with E-state index in [0.717, 1.165) is 15.6 Å². The van der Waals surface area contributed by atoms with Crippen molar-refractivity contribution in [1.29, 1.82) is 0 Å². The second kappa shape index (κ2) is 9.03. The summed E-state index contributed by atoms with van der Waals surface area (Å²) in [6.45, 7) is 2.08. The predicted octanol–water partition coefficient (Wildman–Crippen LogP) is 5.93. The molecule has 0 radical (unpaired) electrons. The Kier molecular flexibility index (Phi) is 6.50. The molecule has 6 heteroatoms. The molecule has 3 rings (SSSR count). The molecule has 0 fully saturated rings. The highest BCUT2D eigenvalue weighted by molar-refractivity contribution is 7.99. The van der Waals surface area contributed by atoms with Crippen molar-refractivity contribution >= 4 is 46.4 Å². The van der Waals surface area contributed by atoms with Gasteiger partial charge in [0.2, 0.25) is 0 Å². The van der Waals surface area contributed by atoms with Gasteiger partial charge in [-0.2, -0.15) is 0 Å². The van der Waals surface area contributed by atoms with Crippen molar-refractivity contribution in [2.75, 3.05) is 5.32 Å². The van der Waals surface area contributed by atoms with E-state index in [9.17, 15) is 0 Å². The minimum absolute atomic E-state index is 0.111. The van der Waals surface area contributed by atoms with Crippen LogP contribution in [-0.2, 0) is 0 Å². The number of pyridine rings is 1. The minimum atomic E-state index is 0.111. The molecule has 3 nitrogen and oxygen atoms in total. The first-order valence-corrected chi connectivity index (χ1v) is 9.73. The standard InChI is InChI=1S/C20H18ClN3S2/c1-14(15-6-3-2-4-7-15)23-20(25)24-18-8-5-13-22-19(18)26-17-11-9-16(21)10-12-17/h2-14H,1H3,(H2,23,24,25)/t14-/m1/s1. The number of halogens is 1. The number of benzene rings is 2. The Morgan fingerprint density at radius 3 is 2.50 bits per heavy atom. The van der Waals surface area contributed by atoms with Crippen LogP contribution >= 0.6 is 35.6 Å². The van der Waals surface area contributed by atoms with E-state index in [-0.39, 0.29) is 6.04 Å². The van der Waals surface area contributed by atoms with Gasteiger partial charge in [-0.25, -0.2) is 4.98 Å². The smallest absolute Gasteiger partial charge is 0.171 e. The number of thiocarbonyl (C=S) groups is 1. The molecular formula is C20H18ClN3S2. The van der Waals surface area contributed by atoms with Gasteiger partial charge in [-0.1, -0.05) is 53.7 Å². The zero-order chi connectivity index (χ0) is 18.4. The Hall–Kier alpha value is -2.08. The lowest BCUT2D eigenvalue weighted by Gasteiger charge is -2.18. The molecule has 0 aliphatic carbocycles. The summed E-state index contributed by atoms with van der Waals surface area (Å²) in [4.78, 5) is 5.53. The van der Waals surface area contributed by atoms with Crippen LogP contribution in [0.2, 0.25) is 5.02 Å². The second-order valence-electron chi connectivity index (χ2n) is 5.64. The lowest BCUT2D eigenvalue weighted by molar-refractivity contribution is 0.722. The van der Waals surface area contributed by atoms with Crippen LogP contribution < -0.4 is 10.6 Å². The van der Waals surface area contributed by atoms with Crippen molar-refractivity contribution in [2.24, 2.45) is 0 Å². The molecule has 0 saturated carbocycles. The number of nitrogens with one attached hydrogen (secondary N) is 2. The lowest BCUT2D eigenvalue weighted by atomic mass is 10.1. The van der Waals surface area contributed by atoms with Crippen LogP contribution in [0, 0.1) is 0 Å². The summed E-state index contributed by atoms with van der Waals surface area (Å²) >= 11 is 13.0. The maximum Gasteiger partial charge on any atom is 0.171 e. The lowest BCUT2D eigenvalue weighted by Crippen LogP contribution is -2.31. The molecule has 0 unspecified atom stereocenters. The van der Waals surface area contributed by atoms with E-state index in [1.807, 2.05) is 54.6 Å². The first-order chi connectivity index (χ1) is 12.6. The quantitative estimate of drug-likeness (QED) is 0.519. The van der Waals surface area contributed by atoms with Crippen molar-refractivity contribution in [3.8, 4) is 0 Å². The van der Waals surface area contributed by atoms with Crippen LogP contribution in [-0.4, -0.2) is 10.1 Å². The number of hydrogen-bond donors (Lipinski definition) is 2. The number of rotatable bonds is 5. The van der Waals surface area contributed by atoms with Crippen LogP contribution in [0.5, 0.6) is 0 Å². The maximum absolute atomic E-state index is 5.95. The average Bonchev–Trinajstić information content (AvgIpc) is 2.66. The van der Waals surface area contributed by atoms with E-state index in [4.69, 9.17) is 23.8 Å². The topological polar surface area (TPSA) is 37.0 Å². The van der Waals surface area contributed by atoms with E-state index < -0.39 is 0 Å². The third-order valence-corrected chi connectivity index (χ3v) is 5.19. The molecule has 0 aliphatic heterocycles. The molecule has 0 aliphatic rings. The fourth-order valence-electron chi connectivity index (χ4n) is 2.36. The largest absolute Gasteiger partial charge is 0.356 e. The monoisotopic (exact) mass is 399 g/mol. The van der Waals surface area contributed by atoms with Gasteiger partial charge in [-0.15, -0.1) is 0 Å². The molecule has 2 N–H and O–H groups in total. The van der Waals surface area contributed by atoms with Crippen molar-refractivity contribution in [3.63, 3.8) is 0 Å². The Morgan fingerprint density at radius 2 is 1.77 bits per heavy atom. The number of nitrogens with zero attached hydrogens (tertiary/aromatic N) is 1. The van der Waals surface area contributed by atoms with E-state index in [0.29, 0.717) is 10.1 Å². The van der Waals surface area contributed by atoms with Crippen LogP contribution in [0.3, 0.4) is 0 Å². The fourth-order valence-corrected chi connectivity index (χ4v) is 3.61. The van der Waals surface area contributed by atoms with Gasteiger partial charge in [0.1, 0.15) is 5.03 Å². The Bertz CT molecular complexity index is 870. The normalized spacial score (nSPS) is 11.6. The van der Waals surface area contributed by atoms with Gasteiger partial charge in [0, 0.05) is 16.1 Å². The van der Waals surface area contributed by atoms with E-state index in [2.05, 4.69) is 34.7 Å². The Balaban J connectivity index is 1.67. The molecule has 2 aromatic carbocycles. The summed E-state index contributed by atoms with van der Waals surface area (Å²) in [6, 6.07) is 21.8. The first kappa shape index (κ1) is 18.7. The van der Waals surface area contributed by atoms with Gasteiger partial charge in [-0.3, -0.25) is 0 Å². The third-order valence-electron chi connectivity index (χ3n) is 3.69. The van der Waals surface area contributed by atoms with Crippen molar-refractivity contribution in [2.45, 2.75) is 22.9 Å². The highest BCUT2D eigenvalue weighted by Gasteiger charge is 2.10. The SMILES string of the molecule is C[C@@H](NC(=S)Nc1cccnc1Sc1ccc(Cl)cc1)c1ccccc1. The third kappa shape index (κ3) is 5.21. The molecule has 26 heavy (non-hydrogen) atoms. The molecule has 0 bridgehead atoms. The molecule has 1 aromatic heterocycles. The highest BCUT2D eigenvalue weighted by atomic mass is 35.5. The van der Waals surface area contributed by atoms with Gasteiger partial charge in [0.25, 0.3) is 0 Å². The summed E-state index contributed by atoms with van der Waals surface area (Å²) in [5.74, 6) is 0. The molecule has 0 saturated heterocycles. The van der Waals surface area contributed by atoms with Crippen LogP contribution in [0.1, 0.15) is 18.5 Å². The van der Waals surface area contributed by atoms with Crippen molar-refractivity contribution in [3.05, 3.63) is 83.5 Å². The summed E-state index contributed by atoms with van der Waals surface area (Å²) < 4.78 is 0. The minimum Gasteiger partial charge on any atom is -0.356 e. The summed E-state index contributed by atoms with van der Waals surface area (Å²) in [6.07, 6.45) is 1.77. The number of aromatic nitrogens is 1. The van der Waals surface area contributed by atoms with Gasteiger partial charge in [-0.05, 0) is 61.1 Å². The average molecular weight is 400 g/mol. The summed E-state index contributed by atoms with van der Waals surface area (Å²) in [7, 11) is 0. The summed E-state index contributed by atoms with van der Waals surface area (Å²) in [5.41, 5.74) is 2.05. The van der Waals surface area contributed by atoms with Gasteiger partial charge in [0.15, 0.2) is 5.11 Å². The second-order valence-corrected chi connectivity index (χ2v) is 7.55. The predicted molar refractivity (Wildman–Crippen MR) is 114 cm³/mol. The highest BCUT2D eigenvalue weighted by Crippen LogP contribution is 2.32. The van der Waals surface area contributed by atoms with Gasteiger partial charge in [0.05, 0.1) is 11.7 Å².